The van der Waals surface area contributed by atoms with Gasteiger partial charge in [0.2, 0.25) is 0 Å². The Morgan fingerprint density at radius 1 is 0.400 bits per heavy atom. The van der Waals surface area contributed by atoms with Gasteiger partial charge in [-0.2, -0.15) is 0 Å². The maximum absolute atomic E-state index is 6.60. The summed E-state index contributed by atoms with van der Waals surface area (Å²) in [6, 6.07) is 78.0. The van der Waals surface area contributed by atoms with E-state index in [-0.39, 0.29) is 5.41 Å². The summed E-state index contributed by atoms with van der Waals surface area (Å²) in [5.74, 6) is 0. The lowest BCUT2D eigenvalue weighted by Crippen LogP contribution is -2.28. The van der Waals surface area contributed by atoms with Crippen LogP contribution in [-0.4, -0.2) is 0 Å². The summed E-state index contributed by atoms with van der Waals surface area (Å²) in [5, 5.41) is 2.26. The SMILES string of the molecule is CC1(C)c2ccccc2-c2ccc(N(c3cccc(-c4cccc5c4oc4ccccc45)c3)c3cccc4c3-c3ccccc3C4(c3ccccc3)c3ccccc3)cc21. The Balaban J connectivity index is 1.14. The zero-order valence-corrected chi connectivity index (χ0v) is 33.6. The van der Waals surface area contributed by atoms with E-state index in [1.807, 2.05) is 6.07 Å². The summed E-state index contributed by atoms with van der Waals surface area (Å²) in [5.41, 5.74) is 19.6. The van der Waals surface area contributed by atoms with Crippen molar-refractivity contribution in [1.82, 2.24) is 0 Å². The van der Waals surface area contributed by atoms with E-state index in [4.69, 9.17) is 4.42 Å². The predicted molar refractivity (Wildman–Crippen MR) is 249 cm³/mol. The van der Waals surface area contributed by atoms with Crippen molar-refractivity contribution in [3.8, 4) is 33.4 Å². The summed E-state index contributed by atoms with van der Waals surface area (Å²) < 4.78 is 6.60. The Morgan fingerprint density at radius 3 is 1.78 bits per heavy atom. The molecule has 0 saturated carbocycles. The van der Waals surface area contributed by atoms with Crippen LogP contribution in [0.5, 0.6) is 0 Å². The van der Waals surface area contributed by atoms with Crippen LogP contribution in [0, 0.1) is 0 Å². The van der Waals surface area contributed by atoms with Gasteiger partial charge in [-0.1, -0.05) is 190 Å². The molecule has 2 heteroatoms. The molecular formula is C58H41NO. The monoisotopic (exact) mass is 767 g/mol. The van der Waals surface area contributed by atoms with Crippen molar-refractivity contribution in [3.05, 3.63) is 246 Å². The Morgan fingerprint density at radius 2 is 0.983 bits per heavy atom. The maximum Gasteiger partial charge on any atom is 0.143 e. The van der Waals surface area contributed by atoms with Gasteiger partial charge in [0.25, 0.3) is 0 Å². The zero-order chi connectivity index (χ0) is 40.0. The maximum atomic E-state index is 6.60. The van der Waals surface area contributed by atoms with Crippen molar-refractivity contribution < 1.29 is 4.42 Å². The molecule has 1 aromatic heterocycles. The first-order valence-corrected chi connectivity index (χ1v) is 20.9. The van der Waals surface area contributed by atoms with E-state index in [1.54, 1.807) is 0 Å². The molecule has 0 atom stereocenters. The lowest BCUT2D eigenvalue weighted by atomic mass is 9.68. The summed E-state index contributed by atoms with van der Waals surface area (Å²) in [6.45, 7) is 4.73. The van der Waals surface area contributed by atoms with Crippen LogP contribution in [0.15, 0.2) is 217 Å². The van der Waals surface area contributed by atoms with Gasteiger partial charge in [0.15, 0.2) is 0 Å². The van der Waals surface area contributed by atoms with E-state index in [0.29, 0.717) is 0 Å². The third-order valence-electron chi connectivity index (χ3n) is 13.3. The number of hydrogen-bond acceptors (Lipinski definition) is 2. The van der Waals surface area contributed by atoms with Crippen molar-refractivity contribution >= 4 is 39.0 Å². The van der Waals surface area contributed by atoms with Gasteiger partial charge in [-0.05, 0) is 92.0 Å². The highest BCUT2D eigenvalue weighted by Gasteiger charge is 2.47. The van der Waals surface area contributed by atoms with Crippen molar-refractivity contribution in [3.63, 3.8) is 0 Å². The number of para-hydroxylation sites is 2. The highest BCUT2D eigenvalue weighted by Crippen LogP contribution is 2.60. The van der Waals surface area contributed by atoms with Crippen LogP contribution in [0.3, 0.4) is 0 Å². The van der Waals surface area contributed by atoms with Crippen LogP contribution in [0.4, 0.5) is 17.1 Å². The molecule has 0 amide bonds. The van der Waals surface area contributed by atoms with Gasteiger partial charge in [-0.15, -0.1) is 0 Å². The molecule has 0 N–H and O–H groups in total. The Hall–Kier alpha value is -7.42. The second kappa shape index (κ2) is 13.0. The van der Waals surface area contributed by atoms with E-state index >= 15 is 0 Å². The third-order valence-corrected chi connectivity index (χ3v) is 13.3. The molecule has 9 aromatic carbocycles. The smallest absolute Gasteiger partial charge is 0.143 e. The van der Waals surface area contributed by atoms with Crippen molar-refractivity contribution in [2.45, 2.75) is 24.7 Å². The van der Waals surface area contributed by atoms with Gasteiger partial charge in [0.1, 0.15) is 11.2 Å². The first-order chi connectivity index (χ1) is 29.5. The van der Waals surface area contributed by atoms with Gasteiger partial charge in [0.05, 0.1) is 11.1 Å². The lowest BCUT2D eigenvalue weighted by molar-refractivity contribution is 0.660. The number of benzene rings is 9. The molecule has 0 fully saturated rings. The molecule has 0 bridgehead atoms. The van der Waals surface area contributed by atoms with Gasteiger partial charge >= 0.3 is 0 Å². The Bertz CT molecular complexity index is 3260. The fraction of sp³-hybridized carbons (Fsp3) is 0.0690. The predicted octanol–water partition coefficient (Wildman–Crippen LogP) is 15.4. The topological polar surface area (TPSA) is 16.4 Å². The van der Waals surface area contributed by atoms with Gasteiger partial charge in [0, 0.05) is 38.7 Å². The first-order valence-electron chi connectivity index (χ1n) is 20.9. The van der Waals surface area contributed by atoms with E-state index in [1.165, 1.54) is 55.6 Å². The molecule has 12 rings (SSSR count). The first kappa shape index (κ1) is 34.6. The summed E-state index contributed by atoms with van der Waals surface area (Å²) in [7, 11) is 0. The number of furan rings is 1. The minimum absolute atomic E-state index is 0.159. The number of fused-ring (bicyclic) bond motifs is 9. The fourth-order valence-corrected chi connectivity index (χ4v) is 10.7. The highest BCUT2D eigenvalue weighted by molar-refractivity contribution is 6.10. The number of anilines is 3. The molecule has 10 aromatic rings. The summed E-state index contributed by atoms with van der Waals surface area (Å²) >= 11 is 0. The average molecular weight is 768 g/mol. The zero-order valence-electron chi connectivity index (χ0n) is 33.6. The second-order valence-corrected chi connectivity index (χ2v) is 16.8. The van der Waals surface area contributed by atoms with E-state index in [2.05, 4.69) is 225 Å². The molecule has 0 saturated heterocycles. The molecule has 0 aliphatic heterocycles. The van der Waals surface area contributed by atoms with Crippen LogP contribution < -0.4 is 4.90 Å². The molecule has 2 aliphatic carbocycles. The number of hydrogen-bond donors (Lipinski definition) is 0. The molecule has 2 aliphatic rings. The normalized spacial score (nSPS) is 14.1. The lowest BCUT2D eigenvalue weighted by Gasteiger charge is -2.34. The minimum atomic E-state index is -0.517. The summed E-state index contributed by atoms with van der Waals surface area (Å²) in [6.07, 6.45) is 0. The Kier molecular flexibility index (Phi) is 7.52. The quantitative estimate of drug-likeness (QED) is 0.168. The van der Waals surface area contributed by atoms with Gasteiger partial charge < -0.3 is 9.32 Å². The van der Waals surface area contributed by atoms with Crippen LogP contribution in [0.25, 0.3) is 55.3 Å². The van der Waals surface area contributed by atoms with Crippen LogP contribution in [0.2, 0.25) is 0 Å². The summed E-state index contributed by atoms with van der Waals surface area (Å²) in [4.78, 5) is 2.50. The number of nitrogens with zero attached hydrogens (tertiary/aromatic N) is 1. The molecule has 0 spiro atoms. The molecular weight excluding hydrogens is 727 g/mol. The van der Waals surface area contributed by atoms with E-state index < -0.39 is 5.41 Å². The third kappa shape index (κ3) is 4.82. The van der Waals surface area contributed by atoms with Crippen molar-refractivity contribution in [1.29, 1.82) is 0 Å². The van der Waals surface area contributed by atoms with Crippen molar-refractivity contribution in [2.75, 3.05) is 4.90 Å². The van der Waals surface area contributed by atoms with E-state index in [9.17, 15) is 0 Å². The van der Waals surface area contributed by atoms with Crippen LogP contribution in [-0.2, 0) is 10.8 Å². The molecule has 284 valence electrons. The molecule has 1 heterocycles. The fourth-order valence-electron chi connectivity index (χ4n) is 10.7. The Labute approximate surface area is 350 Å². The molecule has 2 nitrogen and oxygen atoms in total. The second-order valence-electron chi connectivity index (χ2n) is 16.8. The van der Waals surface area contributed by atoms with Crippen LogP contribution >= 0.6 is 0 Å². The van der Waals surface area contributed by atoms with Crippen LogP contribution in [0.1, 0.15) is 47.2 Å². The van der Waals surface area contributed by atoms with E-state index in [0.717, 1.165) is 50.1 Å². The van der Waals surface area contributed by atoms with Gasteiger partial charge in [-0.3, -0.25) is 0 Å². The highest BCUT2D eigenvalue weighted by atomic mass is 16.3. The largest absolute Gasteiger partial charge is 0.455 e. The average Bonchev–Trinajstić information content (AvgIpc) is 3.92. The minimum Gasteiger partial charge on any atom is -0.455 e. The standard InChI is InChI=1S/C58H41NO/c1-57(2)49-29-12-9-24-44(49)45-35-34-42(37-52(45)57)59(41-23-15-18-38(36-41)43-27-16-28-47-46-25-11-14-33-54(46)60-56(43)47)53-32-17-31-51-55(53)48-26-10-13-30-50(48)58(51,39-19-5-3-6-20-39)40-21-7-4-8-22-40/h3-37H,1-2H3. The molecule has 0 radical (unpaired) electrons. The van der Waals surface area contributed by atoms with Crippen molar-refractivity contribution in [2.24, 2.45) is 0 Å². The molecule has 0 unspecified atom stereocenters. The van der Waals surface area contributed by atoms with Gasteiger partial charge in [-0.25, -0.2) is 0 Å². The molecule has 60 heavy (non-hydrogen) atoms. The number of rotatable bonds is 6.